The molecule has 0 fully saturated rings. The highest BCUT2D eigenvalue weighted by molar-refractivity contribution is 9.10. The van der Waals surface area contributed by atoms with Crippen molar-refractivity contribution in [2.24, 2.45) is 0 Å². The number of ether oxygens (including phenoxy) is 1. The molecule has 2 rings (SSSR count). The monoisotopic (exact) mass is 482 g/mol. The summed E-state index contributed by atoms with van der Waals surface area (Å²) in [7, 11) is -3.61. The summed E-state index contributed by atoms with van der Waals surface area (Å²) in [6.45, 7) is 6.69. The molecule has 29 heavy (non-hydrogen) atoms. The lowest BCUT2D eigenvalue weighted by atomic mass is 9.87. The molecule has 1 amide bonds. The number of sulfonamides is 1. The zero-order valence-corrected chi connectivity index (χ0v) is 19.5. The van der Waals surface area contributed by atoms with Gasteiger partial charge < -0.3 is 10.1 Å². The maximum Gasteiger partial charge on any atom is 0.240 e. The summed E-state index contributed by atoms with van der Waals surface area (Å²) in [6.07, 6.45) is 1.07. The lowest BCUT2D eigenvalue weighted by molar-refractivity contribution is -0.119. The Bertz CT molecular complexity index is 938. The Morgan fingerprint density at radius 3 is 2.28 bits per heavy atom. The minimum atomic E-state index is -3.61. The molecule has 0 aliphatic heterocycles. The number of hydrogen-bond acceptors (Lipinski definition) is 4. The topological polar surface area (TPSA) is 75.7 Å². The highest BCUT2D eigenvalue weighted by atomic mass is 79.9. The van der Waals surface area contributed by atoms with Crippen molar-refractivity contribution < 1.29 is 17.9 Å². The zero-order valence-electron chi connectivity index (χ0n) is 17.1. The zero-order chi connectivity index (χ0) is 21.7. The van der Waals surface area contributed by atoms with Crippen molar-refractivity contribution >= 4 is 37.5 Å². The van der Waals surface area contributed by atoms with Gasteiger partial charge in [-0.2, -0.15) is 0 Å². The van der Waals surface area contributed by atoms with Gasteiger partial charge in [0.15, 0.2) is 0 Å². The van der Waals surface area contributed by atoms with Crippen LogP contribution in [-0.4, -0.2) is 40.3 Å². The van der Waals surface area contributed by atoms with Crippen molar-refractivity contribution in [2.45, 2.75) is 26.2 Å². The normalized spacial score (nSPS) is 11.8. The van der Waals surface area contributed by atoms with Crippen LogP contribution in [-0.2, 0) is 20.2 Å². The van der Waals surface area contributed by atoms with Gasteiger partial charge >= 0.3 is 0 Å². The summed E-state index contributed by atoms with van der Waals surface area (Å²) in [5.41, 5.74) is 1.71. The number of halogens is 1. The second kappa shape index (κ2) is 9.63. The Labute approximate surface area is 181 Å². The van der Waals surface area contributed by atoms with Crippen LogP contribution >= 0.6 is 15.9 Å². The largest absolute Gasteiger partial charge is 0.492 e. The van der Waals surface area contributed by atoms with Crippen LogP contribution < -0.4 is 14.4 Å². The minimum Gasteiger partial charge on any atom is -0.492 e. The first kappa shape index (κ1) is 23.2. The van der Waals surface area contributed by atoms with Gasteiger partial charge in [-0.1, -0.05) is 45.0 Å². The minimum absolute atomic E-state index is 0.0751. The van der Waals surface area contributed by atoms with E-state index in [0.29, 0.717) is 10.2 Å². The highest BCUT2D eigenvalue weighted by Crippen LogP contribution is 2.27. The SMILES string of the molecule is CC(C)(C)c1ccc(OCCNC(=O)CN(c2ccccc2Br)S(C)(=O)=O)cc1. The number of rotatable bonds is 8. The Morgan fingerprint density at radius 1 is 1.10 bits per heavy atom. The molecule has 158 valence electrons. The second-order valence-corrected chi connectivity index (χ2v) is 10.5. The number of nitrogens with zero attached hydrogens (tertiary/aromatic N) is 1. The third-order valence-electron chi connectivity index (χ3n) is 4.22. The quantitative estimate of drug-likeness (QED) is 0.581. The summed E-state index contributed by atoms with van der Waals surface area (Å²) in [5, 5.41) is 2.69. The smallest absolute Gasteiger partial charge is 0.240 e. The molecule has 0 spiro atoms. The van der Waals surface area contributed by atoms with Crippen molar-refractivity contribution in [3.63, 3.8) is 0 Å². The van der Waals surface area contributed by atoms with Crippen LogP contribution in [0, 0.1) is 0 Å². The molecule has 0 radical (unpaired) electrons. The number of amides is 1. The first-order valence-corrected chi connectivity index (χ1v) is 11.8. The predicted octanol–water partition coefficient (Wildman–Crippen LogP) is 3.71. The molecule has 0 saturated heterocycles. The van der Waals surface area contributed by atoms with Gasteiger partial charge in [-0.05, 0) is 51.2 Å². The van der Waals surface area contributed by atoms with E-state index in [9.17, 15) is 13.2 Å². The molecular formula is C21H27BrN2O4S. The van der Waals surface area contributed by atoms with E-state index in [2.05, 4.69) is 42.0 Å². The Morgan fingerprint density at radius 2 is 1.72 bits per heavy atom. The fraction of sp³-hybridized carbons (Fsp3) is 0.381. The molecular weight excluding hydrogens is 456 g/mol. The predicted molar refractivity (Wildman–Crippen MR) is 120 cm³/mol. The summed E-state index contributed by atoms with van der Waals surface area (Å²) in [6, 6.07) is 14.7. The fourth-order valence-electron chi connectivity index (χ4n) is 2.63. The first-order valence-electron chi connectivity index (χ1n) is 9.21. The van der Waals surface area contributed by atoms with Gasteiger partial charge in [0.05, 0.1) is 18.5 Å². The van der Waals surface area contributed by atoms with Gasteiger partial charge in [-0.3, -0.25) is 9.10 Å². The number of benzene rings is 2. The Balaban J connectivity index is 1.88. The van der Waals surface area contributed by atoms with E-state index >= 15 is 0 Å². The third kappa shape index (κ3) is 7.04. The molecule has 2 aromatic rings. The number of hydrogen-bond donors (Lipinski definition) is 1. The molecule has 0 atom stereocenters. The fourth-order valence-corrected chi connectivity index (χ4v) is 4.12. The second-order valence-electron chi connectivity index (χ2n) is 7.69. The van der Waals surface area contributed by atoms with Crippen molar-refractivity contribution in [2.75, 3.05) is 30.3 Å². The van der Waals surface area contributed by atoms with E-state index in [1.807, 2.05) is 24.3 Å². The molecule has 2 aromatic carbocycles. The molecule has 0 aliphatic carbocycles. The summed E-state index contributed by atoms with van der Waals surface area (Å²) in [5.74, 6) is 0.316. The number of para-hydroxylation sites is 1. The maximum atomic E-state index is 12.3. The van der Waals surface area contributed by atoms with E-state index in [0.717, 1.165) is 16.3 Å². The summed E-state index contributed by atoms with van der Waals surface area (Å²) in [4.78, 5) is 12.3. The maximum absolute atomic E-state index is 12.3. The lowest BCUT2D eigenvalue weighted by Gasteiger charge is -2.23. The standard InChI is InChI=1S/C21H27BrN2O4S/c1-21(2,3)16-9-11-17(12-10-16)28-14-13-23-20(25)15-24(29(4,26)27)19-8-6-5-7-18(19)22/h5-12H,13-15H2,1-4H3,(H,23,25). The summed E-state index contributed by atoms with van der Waals surface area (Å²) >= 11 is 3.33. The third-order valence-corrected chi connectivity index (χ3v) is 6.02. The number of nitrogens with one attached hydrogen (secondary N) is 1. The molecule has 0 saturated carbocycles. The van der Waals surface area contributed by atoms with Crippen molar-refractivity contribution in [3.05, 3.63) is 58.6 Å². The average molecular weight is 483 g/mol. The van der Waals surface area contributed by atoms with Crippen LogP contribution in [0.4, 0.5) is 5.69 Å². The van der Waals surface area contributed by atoms with Crippen LogP contribution in [0.15, 0.2) is 53.0 Å². The molecule has 0 aliphatic rings. The van der Waals surface area contributed by atoms with Gasteiger partial charge in [-0.15, -0.1) is 0 Å². The molecule has 8 heteroatoms. The molecule has 1 N–H and O–H groups in total. The molecule has 0 unspecified atom stereocenters. The van der Waals surface area contributed by atoms with Gasteiger partial charge in [0.25, 0.3) is 0 Å². The van der Waals surface area contributed by atoms with Crippen LogP contribution in [0.1, 0.15) is 26.3 Å². The van der Waals surface area contributed by atoms with Gasteiger partial charge in [0.1, 0.15) is 18.9 Å². The summed E-state index contributed by atoms with van der Waals surface area (Å²) < 4.78 is 31.6. The first-order chi connectivity index (χ1) is 13.5. The van der Waals surface area contributed by atoms with Crippen molar-refractivity contribution in [3.8, 4) is 5.75 Å². The van der Waals surface area contributed by atoms with Crippen LogP contribution in [0.3, 0.4) is 0 Å². The molecule has 6 nitrogen and oxygen atoms in total. The van der Waals surface area contributed by atoms with Gasteiger partial charge in [0.2, 0.25) is 15.9 Å². The van der Waals surface area contributed by atoms with Crippen molar-refractivity contribution in [1.29, 1.82) is 0 Å². The van der Waals surface area contributed by atoms with Crippen LogP contribution in [0.25, 0.3) is 0 Å². The molecule has 0 bridgehead atoms. The van der Waals surface area contributed by atoms with Gasteiger partial charge in [0, 0.05) is 4.47 Å². The average Bonchev–Trinajstić information content (AvgIpc) is 2.63. The van der Waals surface area contributed by atoms with Crippen LogP contribution in [0.5, 0.6) is 5.75 Å². The Kier molecular flexibility index (Phi) is 7.71. The van der Waals surface area contributed by atoms with E-state index in [4.69, 9.17) is 4.74 Å². The van der Waals surface area contributed by atoms with E-state index in [-0.39, 0.29) is 25.1 Å². The molecule has 0 heterocycles. The number of carbonyl (C=O) groups excluding carboxylic acids is 1. The lowest BCUT2D eigenvalue weighted by Crippen LogP contribution is -2.41. The Hall–Kier alpha value is -2.06. The van der Waals surface area contributed by atoms with Crippen LogP contribution in [0.2, 0.25) is 0 Å². The molecule has 0 aromatic heterocycles. The van der Waals surface area contributed by atoms with E-state index < -0.39 is 15.9 Å². The van der Waals surface area contributed by atoms with Crippen molar-refractivity contribution in [1.82, 2.24) is 5.32 Å². The van der Waals surface area contributed by atoms with Gasteiger partial charge in [-0.25, -0.2) is 8.42 Å². The van der Waals surface area contributed by atoms with E-state index in [1.165, 1.54) is 5.56 Å². The highest BCUT2D eigenvalue weighted by Gasteiger charge is 2.22. The van der Waals surface area contributed by atoms with E-state index in [1.54, 1.807) is 24.3 Å². The number of anilines is 1. The number of carbonyl (C=O) groups is 1.